The number of rotatable bonds is 5. The summed E-state index contributed by atoms with van der Waals surface area (Å²) in [5, 5.41) is 5.14. The van der Waals surface area contributed by atoms with Gasteiger partial charge in [-0.15, -0.1) is 0 Å². The third kappa shape index (κ3) is 4.62. The number of hydrogen-bond acceptors (Lipinski definition) is 1. The molecular formula is C44H35N. The molecule has 216 valence electrons. The van der Waals surface area contributed by atoms with Crippen LogP contribution in [0, 0.1) is 0 Å². The average Bonchev–Trinajstić information content (AvgIpc) is 3.11. The molecule has 2 aliphatic rings. The number of hydrogen-bond donors (Lipinski definition) is 0. The Labute approximate surface area is 265 Å². The molecule has 0 N–H and O–H groups in total. The Morgan fingerprint density at radius 2 is 0.911 bits per heavy atom. The van der Waals surface area contributed by atoms with Gasteiger partial charge in [0.2, 0.25) is 0 Å². The minimum absolute atomic E-state index is 0.711. The zero-order valence-electron chi connectivity index (χ0n) is 25.4. The Morgan fingerprint density at radius 3 is 1.58 bits per heavy atom. The van der Waals surface area contributed by atoms with Crippen LogP contribution >= 0.6 is 0 Å². The topological polar surface area (TPSA) is 3.24 Å². The summed E-state index contributed by atoms with van der Waals surface area (Å²) in [6.45, 7) is 0. The molecule has 0 unspecified atom stereocenters. The van der Waals surface area contributed by atoms with Crippen LogP contribution in [0.2, 0.25) is 0 Å². The minimum atomic E-state index is 0.711. The molecule has 0 spiro atoms. The second kappa shape index (κ2) is 10.8. The Bertz CT molecular complexity index is 2170. The van der Waals surface area contributed by atoms with Crippen LogP contribution < -0.4 is 4.90 Å². The number of fused-ring (bicyclic) bond motifs is 6. The zero-order valence-corrected chi connectivity index (χ0v) is 25.4. The van der Waals surface area contributed by atoms with E-state index in [1.807, 2.05) is 0 Å². The van der Waals surface area contributed by atoms with Gasteiger partial charge in [0.15, 0.2) is 0 Å². The average molecular weight is 578 g/mol. The summed E-state index contributed by atoms with van der Waals surface area (Å²) < 4.78 is 0. The maximum absolute atomic E-state index is 2.40. The standard InChI is InChI=1S/C44H35N/c1-4-10-30(11-5-1)32-18-21-39(22-19-32)45(38-14-8-3-9-15-38)40-23-20-35-27-42-43-28-36-24-33(31-12-6-2-7-13-31)16-17-34(36)26-41(43)44(42)29-37(35)25-40/h2-3,6-9,12-30H,1,4-5,10-11H2. The van der Waals surface area contributed by atoms with Gasteiger partial charge in [-0.2, -0.15) is 0 Å². The van der Waals surface area contributed by atoms with Crippen LogP contribution in [-0.2, 0) is 0 Å². The molecule has 0 saturated heterocycles. The highest BCUT2D eigenvalue weighted by molar-refractivity contribution is 6.12. The third-order valence-corrected chi connectivity index (χ3v) is 10.1. The summed E-state index contributed by atoms with van der Waals surface area (Å²) in [5.41, 5.74) is 13.0. The van der Waals surface area contributed by atoms with E-state index in [0.29, 0.717) is 5.92 Å². The second-order valence-electron chi connectivity index (χ2n) is 12.9. The summed E-state index contributed by atoms with van der Waals surface area (Å²) in [5.74, 6) is 0.711. The largest absolute Gasteiger partial charge is 0.310 e. The molecule has 45 heavy (non-hydrogen) atoms. The van der Waals surface area contributed by atoms with Crippen molar-refractivity contribution in [2.75, 3.05) is 4.90 Å². The Kier molecular flexibility index (Phi) is 6.30. The van der Waals surface area contributed by atoms with Crippen LogP contribution in [0.15, 0.2) is 146 Å². The molecule has 0 aliphatic heterocycles. The van der Waals surface area contributed by atoms with Gasteiger partial charge in [-0.1, -0.05) is 98.1 Å². The highest BCUT2D eigenvalue weighted by atomic mass is 15.1. The number of benzene rings is 7. The van der Waals surface area contributed by atoms with Gasteiger partial charge in [-0.05, 0) is 146 Å². The lowest BCUT2D eigenvalue weighted by molar-refractivity contribution is 0.443. The molecule has 1 saturated carbocycles. The monoisotopic (exact) mass is 577 g/mol. The molecule has 1 heteroatoms. The van der Waals surface area contributed by atoms with Crippen molar-refractivity contribution in [2.24, 2.45) is 0 Å². The maximum Gasteiger partial charge on any atom is 0.0468 e. The lowest BCUT2D eigenvalue weighted by atomic mass is 9.77. The van der Waals surface area contributed by atoms with Gasteiger partial charge in [0.25, 0.3) is 0 Å². The number of anilines is 3. The van der Waals surface area contributed by atoms with E-state index in [-0.39, 0.29) is 0 Å². The van der Waals surface area contributed by atoms with Crippen molar-refractivity contribution in [3.8, 4) is 33.4 Å². The lowest BCUT2D eigenvalue weighted by Crippen LogP contribution is -2.10. The molecule has 0 atom stereocenters. The summed E-state index contributed by atoms with van der Waals surface area (Å²) in [4.78, 5) is 2.40. The molecule has 9 rings (SSSR count). The van der Waals surface area contributed by atoms with E-state index in [9.17, 15) is 0 Å². The van der Waals surface area contributed by atoms with Crippen molar-refractivity contribution in [2.45, 2.75) is 38.0 Å². The molecule has 7 aromatic rings. The molecular weight excluding hydrogens is 542 g/mol. The van der Waals surface area contributed by atoms with E-state index in [1.54, 1.807) is 0 Å². The predicted molar refractivity (Wildman–Crippen MR) is 192 cm³/mol. The molecule has 2 aliphatic carbocycles. The molecule has 0 bridgehead atoms. The molecule has 0 radical (unpaired) electrons. The first-order valence-corrected chi connectivity index (χ1v) is 16.5. The van der Waals surface area contributed by atoms with Crippen LogP contribution in [0.3, 0.4) is 0 Å². The summed E-state index contributed by atoms with van der Waals surface area (Å²) in [6.07, 6.45) is 6.76. The molecule has 0 heterocycles. The zero-order chi connectivity index (χ0) is 29.7. The van der Waals surface area contributed by atoms with Gasteiger partial charge < -0.3 is 4.90 Å². The van der Waals surface area contributed by atoms with Gasteiger partial charge in [0.05, 0.1) is 0 Å². The van der Waals surface area contributed by atoms with E-state index >= 15 is 0 Å². The van der Waals surface area contributed by atoms with E-state index in [0.717, 1.165) is 0 Å². The van der Waals surface area contributed by atoms with Crippen LogP contribution in [0.1, 0.15) is 43.6 Å². The first-order valence-electron chi connectivity index (χ1n) is 16.5. The van der Waals surface area contributed by atoms with Gasteiger partial charge in [0, 0.05) is 17.1 Å². The van der Waals surface area contributed by atoms with E-state index in [2.05, 4.69) is 150 Å². The minimum Gasteiger partial charge on any atom is -0.310 e. The van der Waals surface area contributed by atoms with Crippen molar-refractivity contribution < 1.29 is 0 Å². The van der Waals surface area contributed by atoms with Crippen LogP contribution in [0.5, 0.6) is 0 Å². The van der Waals surface area contributed by atoms with Gasteiger partial charge in [0.1, 0.15) is 0 Å². The molecule has 7 aromatic carbocycles. The normalized spacial score (nSPS) is 14.1. The quantitative estimate of drug-likeness (QED) is 0.197. The van der Waals surface area contributed by atoms with Crippen molar-refractivity contribution in [1.29, 1.82) is 0 Å². The lowest BCUT2D eigenvalue weighted by Gasteiger charge is -2.28. The van der Waals surface area contributed by atoms with E-state index < -0.39 is 0 Å². The van der Waals surface area contributed by atoms with Crippen molar-refractivity contribution in [1.82, 2.24) is 0 Å². The predicted octanol–water partition coefficient (Wildman–Crippen LogP) is 12.8. The number of nitrogens with zero attached hydrogens (tertiary/aromatic N) is 1. The van der Waals surface area contributed by atoms with Gasteiger partial charge >= 0.3 is 0 Å². The number of para-hydroxylation sites is 1. The Morgan fingerprint density at radius 1 is 0.378 bits per heavy atom. The molecule has 0 aromatic heterocycles. The Hall–Kier alpha value is -5.14. The van der Waals surface area contributed by atoms with Crippen LogP contribution in [0.25, 0.3) is 54.9 Å². The maximum atomic E-state index is 2.40. The fourth-order valence-corrected chi connectivity index (χ4v) is 7.72. The first kappa shape index (κ1) is 26.3. The highest BCUT2D eigenvalue weighted by Gasteiger charge is 2.24. The first-order chi connectivity index (χ1) is 22.3. The smallest absolute Gasteiger partial charge is 0.0468 e. The molecule has 1 nitrogen and oxygen atoms in total. The van der Waals surface area contributed by atoms with Crippen molar-refractivity contribution >= 4 is 38.6 Å². The van der Waals surface area contributed by atoms with Crippen LogP contribution in [0.4, 0.5) is 17.1 Å². The summed E-state index contributed by atoms with van der Waals surface area (Å²) in [7, 11) is 0. The van der Waals surface area contributed by atoms with Crippen molar-refractivity contribution in [3.05, 3.63) is 151 Å². The summed E-state index contributed by atoms with van der Waals surface area (Å²) in [6, 6.07) is 54.2. The third-order valence-electron chi connectivity index (χ3n) is 10.1. The van der Waals surface area contributed by atoms with Crippen molar-refractivity contribution in [3.63, 3.8) is 0 Å². The molecule has 0 amide bonds. The van der Waals surface area contributed by atoms with Crippen LogP contribution in [-0.4, -0.2) is 0 Å². The van der Waals surface area contributed by atoms with Gasteiger partial charge in [-0.25, -0.2) is 0 Å². The van der Waals surface area contributed by atoms with Gasteiger partial charge in [-0.3, -0.25) is 0 Å². The molecule has 1 fully saturated rings. The SMILES string of the molecule is c1ccc(-c2ccc3cc4c(cc3c2)-c2cc3ccc(N(c5ccccc5)c5ccc(C6CCCCC6)cc5)cc3cc2-4)cc1. The fourth-order valence-electron chi connectivity index (χ4n) is 7.72. The Balaban J connectivity index is 1.09. The van der Waals surface area contributed by atoms with E-state index in [1.165, 1.54) is 110 Å². The highest BCUT2D eigenvalue weighted by Crippen LogP contribution is 2.51. The fraction of sp³-hybridized carbons (Fsp3) is 0.136. The second-order valence-corrected chi connectivity index (χ2v) is 12.9. The van der Waals surface area contributed by atoms with E-state index in [4.69, 9.17) is 0 Å². The summed E-state index contributed by atoms with van der Waals surface area (Å²) >= 11 is 0.